The van der Waals surface area contributed by atoms with Crippen molar-refractivity contribution < 1.29 is 9.53 Å². The second-order valence-electron chi connectivity index (χ2n) is 3.64. The van der Waals surface area contributed by atoms with E-state index in [1.165, 1.54) is 7.11 Å². The summed E-state index contributed by atoms with van der Waals surface area (Å²) in [6, 6.07) is 3.48. The summed E-state index contributed by atoms with van der Waals surface area (Å²) in [6.07, 6.45) is 2.10. The van der Waals surface area contributed by atoms with Gasteiger partial charge >= 0.3 is 5.97 Å². The van der Waals surface area contributed by atoms with E-state index < -0.39 is 5.97 Å². The zero-order valence-corrected chi connectivity index (χ0v) is 9.41. The highest BCUT2D eigenvalue weighted by Gasteiger charge is 2.28. The Morgan fingerprint density at radius 3 is 2.88 bits per heavy atom. The van der Waals surface area contributed by atoms with E-state index in [1.54, 1.807) is 6.07 Å². The monoisotopic (exact) mass is 236 g/mol. The number of halogens is 1. The minimum Gasteiger partial charge on any atom is -0.465 e. The molecule has 0 aromatic carbocycles. The average Bonchev–Trinajstić information content (AvgIpc) is 3.10. The lowest BCUT2D eigenvalue weighted by Gasteiger charge is -2.06. The van der Waals surface area contributed by atoms with Gasteiger partial charge in [-0.05, 0) is 18.9 Å². The number of rotatable bonds is 2. The average molecular weight is 237 g/mol. The number of carbonyl (C=O) groups excluding carboxylic acids is 1. The van der Waals surface area contributed by atoms with Crippen molar-refractivity contribution >= 4 is 17.6 Å². The Balaban J connectivity index is 2.54. The minimum absolute atomic E-state index is 0.0762. The molecule has 0 saturated heterocycles. The van der Waals surface area contributed by atoms with Crippen LogP contribution in [0.25, 0.3) is 0 Å². The highest BCUT2D eigenvalue weighted by atomic mass is 35.5. The van der Waals surface area contributed by atoms with Crippen LogP contribution in [-0.4, -0.2) is 18.1 Å². The molecule has 16 heavy (non-hydrogen) atoms. The summed E-state index contributed by atoms with van der Waals surface area (Å²) >= 11 is 5.87. The Hall–Kier alpha value is -1.60. The number of pyridine rings is 1. The number of ether oxygens (including phenoxy) is 1. The molecule has 82 valence electrons. The van der Waals surface area contributed by atoms with E-state index in [9.17, 15) is 4.79 Å². The molecular weight excluding hydrogens is 228 g/mol. The maximum atomic E-state index is 11.5. The summed E-state index contributed by atoms with van der Waals surface area (Å²) in [7, 11) is 1.27. The van der Waals surface area contributed by atoms with E-state index in [0.29, 0.717) is 5.92 Å². The SMILES string of the molecule is COC(=O)c1cc(C2CC2)nc(Cl)c1C#N. The third-order valence-electron chi connectivity index (χ3n) is 2.51. The van der Waals surface area contributed by atoms with Crippen LogP contribution < -0.4 is 0 Å². The van der Waals surface area contributed by atoms with Crippen molar-refractivity contribution in [3.05, 3.63) is 28.0 Å². The van der Waals surface area contributed by atoms with E-state index in [-0.39, 0.29) is 16.3 Å². The van der Waals surface area contributed by atoms with Crippen LogP contribution in [0.15, 0.2) is 6.07 Å². The van der Waals surface area contributed by atoms with Crippen LogP contribution in [-0.2, 0) is 4.74 Å². The minimum atomic E-state index is -0.553. The van der Waals surface area contributed by atoms with Crippen molar-refractivity contribution in [2.75, 3.05) is 7.11 Å². The summed E-state index contributed by atoms with van der Waals surface area (Å²) < 4.78 is 4.61. The Kier molecular flexibility index (Phi) is 2.80. The van der Waals surface area contributed by atoms with Crippen LogP contribution in [0.4, 0.5) is 0 Å². The molecule has 1 aliphatic rings. The van der Waals surface area contributed by atoms with Gasteiger partial charge in [0, 0.05) is 11.6 Å². The van der Waals surface area contributed by atoms with Gasteiger partial charge in [0.1, 0.15) is 16.8 Å². The van der Waals surface area contributed by atoms with Gasteiger partial charge in [-0.2, -0.15) is 5.26 Å². The quantitative estimate of drug-likeness (QED) is 0.584. The lowest BCUT2D eigenvalue weighted by molar-refractivity contribution is 0.0600. The number of nitrogens with zero attached hydrogens (tertiary/aromatic N) is 2. The second-order valence-corrected chi connectivity index (χ2v) is 4.00. The van der Waals surface area contributed by atoms with E-state index in [0.717, 1.165) is 18.5 Å². The molecule has 1 aromatic heterocycles. The number of hydrogen-bond donors (Lipinski definition) is 0. The topological polar surface area (TPSA) is 63.0 Å². The molecule has 0 spiro atoms. The summed E-state index contributed by atoms with van der Waals surface area (Å²) in [5, 5.41) is 8.98. The van der Waals surface area contributed by atoms with Gasteiger partial charge in [-0.3, -0.25) is 0 Å². The van der Waals surface area contributed by atoms with Crippen LogP contribution in [0.3, 0.4) is 0 Å². The van der Waals surface area contributed by atoms with Crippen molar-refractivity contribution in [1.29, 1.82) is 5.26 Å². The highest BCUT2D eigenvalue weighted by Crippen LogP contribution is 2.40. The molecule has 1 saturated carbocycles. The van der Waals surface area contributed by atoms with Gasteiger partial charge in [0.2, 0.25) is 0 Å². The fraction of sp³-hybridized carbons (Fsp3) is 0.364. The van der Waals surface area contributed by atoms with Crippen molar-refractivity contribution in [1.82, 2.24) is 4.98 Å². The summed E-state index contributed by atoms with van der Waals surface area (Å²) in [6.45, 7) is 0. The number of hydrogen-bond acceptors (Lipinski definition) is 4. The van der Waals surface area contributed by atoms with Crippen LogP contribution in [0.5, 0.6) is 0 Å². The molecule has 1 heterocycles. The third kappa shape index (κ3) is 1.86. The molecule has 1 aliphatic carbocycles. The van der Waals surface area contributed by atoms with Crippen LogP contribution in [0.2, 0.25) is 5.15 Å². The molecule has 0 radical (unpaired) electrons. The van der Waals surface area contributed by atoms with Gasteiger partial charge in [0.05, 0.1) is 12.7 Å². The van der Waals surface area contributed by atoms with Crippen molar-refractivity contribution in [3.63, 3.8) is 0 Å². The van der Waals surface area contributed by atoms with Gasteiger partial charge in [0.25, 0.3) is 0 Å². The first kappa shape index (κ1) is 10.9. The molecule has 0 atom stereocenters. The zero-order chi connectivity index (χ0) is 11.7. The first-order valence-electron chi connectivity index (χ1n) is 4.86. The van der Waals surface area contributed by atoms with Crippen molar-refractivity contribution in [2.24, 2.45) is 0 Å². The summed E-state index contributed by atoms with van der Waals surface area (Å²) in [5.41, 5.74) is 1.05. The van der Waals surface area contributed by atoms with Gasteiger partial charge in [0.15, 0.2) is 0 Å². The molecule has 0 bridgehead atoms. The molecule has 2 rings (SSSR count). The number of nitriles is 1. The predicted molar refractivity (Wildman–Crippen MR) is 57.3 cm³/mol. The molecule has 0 unspecified atom stereocenters. The maximum absolute atomic E-state index is 11.5. The number of methoxy groups -OCH3 is 1. The van der Waals surface area contributed by atoms with E-state index in [2.05, 4.69) is 9.72 Å². The van der Waals surface area contributed by atoms with Gasteiger partial charge in [-0.15, -0.1) is 0 Å². The lowest BCUT2D eigenvalue weighted by atomic mass is 10.1. The second kappa shape index (κ2) is 4.11. The predicted octanol–water partition coefficient (Wildman–Crippen LogP) is 2.27. The molecule has 5 heteroatoms. The van der Waals surface area contributed by atoms with E-state index in [4.69, 9.17) is 16.9 Å². The number of carbonyl (C=O) groups is 1. The number of esters is 1. The van der Waals surface area contributed by atoms with Crippen LogP contribution in [0.1, 0.15) is 40.4 Å². The van der Waals surface area contributed by atoms with E-state index in [1.807, 2.05) is 6.07 Å². The first-order chi connectivity index (χ1) is 7.67. The molecule has 1 aromatic rings. The van der Waals surface area contributed by atoms with Gasteiger partial charge in [-0.1, -0.05) is 11.6 Å². The molecule has 0 N–H and O–H groups in total. The summed E-state index contributed by atoms with van der Waals surface area (Å²) in [5.74, 6) is -0.184. The largest absolute Gasteiger partial charge is 0.465 e. The van der Waals surface area contributed by atoms with E-state index >= 15 is 0 Å². The van der Waals surface area contributed by atoms with Crippen LogP contribution in [0, 0.1) is 11.3 Å². The summed E-state index contributed by atoms with van der Waals surface area (Å²) in [4.78, 5) is 15.6. The highest BCUT2D eigenvalue weighted by molar-refractivity contribution is 6.31. The lowest BCUT2D eigenvalue weighted by Crippen LogP contribution is -2.07. The fourth-order valence-electron chi connectivity index (χ4n) is 1.50. The molecule has 0 aliphatic heterocycles. The smallest absolute Gasteiger partial charge is 0.339 e. The Morgan fingerprint density at radius 1 is 1.69 bits per heavy atom. The normalized spacial score (nSPS) is 14.3. The molecule has 0 amide bonds. The zero-order valence-electron chi connectivity index (χ0n) is 8.66. The first-order valence-corrected chi connectivity index (χ1v) is 5.24. The molecular formula is C11H9ClN2O2. The Labute approximate surface area is 97.8 Å². The Bertz CT molecular complexity index is 489. The molecule has 4 nitrogen and oxygen atoms in total. The molecule has 1 fully saturated rings. The maximum Gasteiger partial charge on any atom is 0.339 e. The van der Waals surface area contributed by atoms with Gasteiger partial charge < -0.3 is 4.74 Å². The Morgan fingerprint density at radius 2 is 2.38 bits per heavy atom. The van der Waals surface area contributed by atoms with Crippen LogP contribution >= 0.6 is 11.6 Å². The number of aromatic nitrogens is 1. The standard InChI is InChI=1S/C11H9ClN2O2/c1-16-11(15)7-4-9(6-2-3-6)14-10(12)8(7)5-13/h4,6H,2-3H2,1H3. The van der Waals surface area contributed by atoms with Gasteiger partial charge in [-0.25, -0.2) is 9.78 Å². The fourth-order valence-corrected chi connectivity index (χ4v) is 1.74. The van der Waals surface area contributed by atoms with Crippen molar-refractivity contribution in [2.45, 2.75) is 18.8 Å². The van der Waals surface area contributed by atoms with Crippen molar-refractivity contribution in [3.8, 4) is 6.07 Å². The third-order valence-corrected chi connectivity index (χ3v) is 2.78.